The van der Waals surface area contributed by atoms with Crippen molar-refractivity contribution >= 4 is 27.6 Å². The van der Waals surface area contributed by atoms with Crippen molar-refractivity contribution in [2.24, 2.45) is 5.92 Å². The van der Waals surface area contributed by atoms with Gasteiger partial charge in [0.15, 0.2) is 0 Å². The average Bonchev–Trinajstić information content (AvgIpc) is 2.33. The maximum absolute atomic E-state index is 12.1. The van der Waals surface area contributed by atoms with Gasteiger partial charge in [-0.05, 0) is 43.5 Å². The van der Waals surface area contributed by atoms with Gasteiger partial charge in [0.1, 0.15) is 0 Å². The molecule has 0 aromatic heterocycles. The second kappa shape index (κ2) is 7.06. The van der Waals surface area contributed by atoms with E-state index in [9.17, 15) is 13.2 Å². The van der Waals surface area contributed by atoms with Crippen molar-refractivity contribution in [1.29, 1.82) is 0 Å². The van der Waals surface area contributed by atoms with Crippen molar-refractivity contribution in [1.82, 2.24) is 4.72 Å². The number of halogens is 1. The molecule has 1 unspecified atom stereocenters. The topological polar surface area (TPSA) is 83.5 Å². The summed E-state index contributed by atoms with van der Waals surface area (Å²) >= 11 is 5.79. The van der Waals surface area contributed by atoms with Crippen LogP contribution < -0.4 is 4.72 Å². The van der Waals surface area contributed by atoms with Gasteiger partial charge in [0, 0.05) is 11.6 Å². The van der Waals surface area contributed by atoms with Gasteiger partial charge in [-0.15, -0.1) is 0 Å². The zero-order valence-corrected chi connectivity index (χ0v) is 13.0. The van der Waals surface area contributed by atoms with Gasteiger partial charge in [0.05, 0.1) is 10.8 Å². The Morgan fingerprint density at radius 3 is 2.65 bits per heavy atom. The maximum Gasteiger partial charge on any atom is 0.306 e. The van der Waals surface area contributed by atoms with Crippen LogP contribution in [0.4, 0.5) is 0 Å². The predicted molar refractivity (Wildman–Crippen MR) is 77.4 cm³/mol. The first-order chi connectivity index (χ1) is 9.24. The lowest BCUT2D eigenvalue weighted by Gasteiger charge is -2.10. The van der Waals surface area contributed by atoms with E-state index in [1.54, 1.807) is 19.9 Å². The van der Waals surface area contributed by atoms with Crippen LogP contribution in [0.25, 0.3) is 0 Å². The molecule has 0 radical (unpaired) electrons. The fourth-order valence-corrected chi connectivity index (χ4v) is 3.26. The van der Waals surface area contributed by atoms with Crippen LogP contribution in [0.15, 0.2) is 23.1 Å². The lowest BCUT2D eigenvalue weighted by molar-refractivity contribution is -0.141. The van der Waals surface area contributed by atoms with Crippen LogP contribution in [0.2, 0.25) is 5.02 Å². The normalized spacial score (nSPS) is 13.2. The van der Waals surface area contributed by atoms with E-state index in [-0.39, 0.29) is 11.4 Å². The predicted octanol–water partition coefficient (Wildman–Crippen LogP) is 2.43. The Balaban J connectivity index is 2.60. The number of nitrogens with one attached hydrogen (secondary N) is 1. The standard InChI is InChI=1S/C13H18ClNO4S/c1-9(13(16)17)4-3-7-15-20(18,19)12-6-5-11(14)8-10(12)2/h5-6,8-9,15H,3-4,7H2,1-2H3,(H,16,17). The first-order valence-corrected chi connectivity index (χ1v) is 8.09. The first-order valence-electron chi connectivity index (χ1n) is 6.22. The number of rotatable bonds is 7. The number of sulfonamides is 1. The van der Waals surface area contributed by atoms with Gasteiger partial charge in [0.2, 0.25) is 10.0 Å². The van der Waals surface area contributed by atoms with E-state index in [4.69, 9.17) is 16.7 Å². The molecule has 0 aliphatic carbocycles. The summed E-state index contributed by atoms with van der Waals surface area (Å²) in [5, 5.41) is 9.21. The molecule has 0 fully saturated rings. The van der Waals surface area contributed by atoms with Crippen molar-refractivity contribution in [2.45, 2.75) is 31.6 Å². The van der Waals surface area contributed by atoms with Crippen molar-refractivity contribution in [2.75, 3.05) is 6.54 Å². The van der Waals surface area contributed by atoms with E-state index in [2.05, 4.69) is 4.72 Å². The molecule has 0 spiro atoms. The van der Waals surface area contributed by atoms with Gasteiger partial charge in [-0.2, -0.15) is 0 Å². The molecule has 5 nitrogen and oxygen atoms in total. The van der Waals surface area contributed by atoms with Gasteiger partial charge >= 0.3 is 5.97 Å². The Hall–Kier alpha value is -1.11. The van der Waals surface area contributed by atoms with E-state index < -0.39 is 21.9 Å². The molecule has 0 amide bonds. The number of hydrogen-bond acceptors (Lipinski definition) is 3. The smallest absolute Gasteiger partial charge is 0.306 e. The maximum atomic E-state index is 12.1. The molecule has 0 saturated heterocycles. The lowest BCUT2D eigenvalue weighted by Crippen LogP contribution is -2.26. The minimum absolute atomic E-state index is 0.188. The van der Waals surface area contributed by atoms with Crippen LogP contribution in [0.3, 0.4) is 0 Å². The second-order valence-electron chi connectivity index (χ2n) is 4.69. The molecule has 0 aliphatic heterocycles. The Kier molecular flexibility index (Phi) is 5.98. The summed E-state index contributed by atoms with van der Waals surface area (Å²) in [6, 6.07) is 4.57. The molecule has 2 N–H and O–H groups in total. The third-order valence-corrected chi connectivity index (χ3v) is 4.81. The van der Waals surface area contributed by atoms with Gasteiger partial charge in [-0.3, -0.25) is 4.79 Å². The minimum Gasteiger partial charge on any atom is -0.481 e. The summed E-state index contributed by atoms with van der Waals surface area (Å²) in [4.78, 5) is 10.8. The molecule has 1 atom stereocenters. The highest BCUT2D eigenvalue weighted by Gasteiger charge is 2.17. The molecule has 1 rings (SSSR count). The number of carbonyl (C=O) groups is 1. The highest BCUT2D eigenvalue weighted by molar-refractivity contribution is 7.89. The molecule has 20 heavy (non-hydrogen) atoms. The summed E-state index contributed by atoms with van der Waals surface area (Å²) < 4.78 is 26.6. The van der Waals surface area contributed by atoms with Gasteiger partial charge < -0.3 is 5.11 Å². The Morgan fingerprint density at radius 1 is 1.45 bits per heavy atom. The Morgan fingerprint density at radius 2 is 2.10 bits per heavy atom. The molecule has 0 heterocycles. The Labute approximate surface area is 124 Å². The quantitative estimate of drug-likeness (QED) is 0.756. The molecule has 1 aromatic carbocycles. The van der Waals surface area contributed by atoms with E-state index in [0.29, 0.717) is 23.4 Å². The third-order valence-electron chi connectivity index (χ3n) is 2.95. The number of carboxylic acid groups (broad SMARTS) is 1. The van der Waals surface area contributed by atoms with Crippen LogP contribution in [0.5, 0.6) is 0 Å². The van der Waals surface area contributed by atoms with Gasteiger partial charge in [0.25, 0.3) is 0 Å². The Bertz CT molecular complexity index is 586. The van der Waals surface area contributed by atoms with Crippen molar-refractivity contribution < 1.29 is 18.3 Å². The van der Waals surface area contributed by atoms with E-state index in [1.807, 2.05) is 0 Å². The molecule has 0 bridgehead atoms. The first kappa shape index (κ1) is 16.9. The largest absolute Gasteiger partial charge is 0.481 e. The van der Waals surface area contributed by atoms with Crippen molar-refractivity contribution in [3.63, 3.8) is 0 Å². The summed E-state index contributed by atoms with van der Waals surface area (Å²) in [5.41, 5.74) is 0.573. The number of benzene rings is 1. The molecular weight excluding hydrogens is 302 g/mol. The van der Waals surface area contributed by atoms with Crippen molar-refractivity contribution in [3.8, 4) is 0 Å². The van der Waals surface area contributed by atoms with Crippen LogP contribution in [-0.4, -0.2) is 26.0 Å². The van der Waals surface area contributed by atoms with Gasteiger partial charge in [-0.1, -0.05) is 18.5 Å². The van der Waals surface area contributed by atoms with E-state index in [1.165, 1.54) is 12.1 Å². The van der Waals surface area contributed by atoms with Gasteiger partial charge in [-0.25, -0.2) is 13.1 Å². The highest BCUT2D eigenvalue weighted by atomic mass is 35.5. The molecular formula is C13H18ClNO4S. The second-order valence-corrected chi connectivity index (χ2v) is 6.86. The number of hydrogen-bond donors (Lipinski definition) is 2. The van der Waals surface area contributed by atoms with Crippen LogP contribution in [0, 0.1) is 12.8 Å². The molecule has 7 heteroatoms. The van der Waals surface area contributed by atoms with E-state index in [0.717, 1.165) is 0 Å². The molecule has 112 valence electrons. The minimum atomic E-state index is -3.58. The number of carboxylic acids is 1. The van der Waals surface area contributed by atoms with Crippen LogP contribution in [-0.2, 0) is 14.8 Å². The number of aliphatic carboxylic acids is 1. The number of aryl methyl sites for hydroxylation is 1. The van der Waals surface area contributed by atoms with Crippen molar-refractivity contribution in [3.05, 3.63) is 28.8 Å². The fraction of sp³-hybridized carbons (Fsp3) is 0.462. The monoisotopic (exact) mass is 319 g/mol. The fourth-order valence-electron chi connectivity index (χ4n) is 1.73. The van der Waals surface area contributed by atoms with Crippen LogP contribution >= 0.6 is 11.6 Å². The SMILES string of the molecule is Cc1cc(Cl)ccc1S(=O)(=O)NCCCC(C)C(=O)O. The third kappa shape index (κ3) is 4.77. The molecule has 0 aliphatic rings. The van der Waals surface area contributed by atoms with E-state index >= 15 is 0 Å². The van der Waals surface area contributed by atoms with Crippen LogP contribution in [0.1, 0.15) is 25.3 Å². The lowest BCUT2D eigenvalue weighted by atomic mass is 10.1. The molecule has 0 saturated carbocycles. The summed E-state index contributed by atoms with van der Waals surface area (Å²) in [6.07, 6.45) is 0.900. The molecule has 1 aromatic rings. The summed E-state index contributed by atoms with van der Waals surface area (Å²) in [6.45, 7) is 3.48. The highest BCUT2D eigenvalue weighted by Crippen LogP contribution is 2.19. The zero-order valence-electron chi connectivity index (χ0n) is 11.4. The average molecular weight is 320 g/mol. The zero-order chi connectivity index (χ0) is 15.3. The summed E-state index contributed by atoms with van der Waals surface area (Å²) in [5.74, 6) is -1.35. The summed E-state index contributed by atoms with van der Waals surface area (Å²) in [7, 11) is -3.58.